The van der Waals surface area contributed by atoms with E-state index in [1.807, 2.05) is 38.1 Å². The van der Waals surface area contributed by atoms with Gasteiger partial charge in [-0.15, -0.1) is 0 Å². The number of carbonyl (C=O) groups excluding carboxylic acids is 1. The molecule has 4 nitrogen and oxygen atoms in total. The molecule has 0 unspecified atom stereocenters. The quantitative estimate of drug-likeness (QED) is 0.428. The number of halogens is 1. The molecule has 0 spiro atoms. The Morgan fingerprint density at radius 3 is 2.55 bits per heavy atom. The molecule has 0 fully saturated rings. The number of nitrogens with one attached hydrogen (secondary N) is 1. The minimum absolute atomic E-state index is 0.0184. The Kier molecular flexibility index (Phi) is 7.36. The zero-order valence-corrected chi connectivity index (χ0v) is 17.4. The van der Waals surface area contributed by atoms with Crippen molar-refractivity contribution >= 4 is 17.7 Å². The van der Waals surface area contributed by atoms with E-state index in [1.54, 1.807) is 12.1 Å². The van der Waals surface area contributed by atoms with Crippen molar-refractivity contribution in [3.8, 4) is 11.4 Å². The highest BCUT2D eigenvalue weighted by Crippen LogP contribution is 2.22. The lowest BCUT2D eigenvalue weighted by molar-refractivity contribution is -0.119. The molecule has 0 radical (unpaired) electrons. The Labute approximate surface area is 175 Å². The molecule has 0 aliphatic rings. The zero-order valence-electron chi connectivity index (χ0n) is 16.6. The van der Waals surface area contributed by atoms with E-state index in [4.69, 9.17) is 0 Å². The molecular formula is C23H24FN3OS. The van der Waals surface area contributed by atoms with Crippen LogP contribution in [-0.4, -0.2) is 27.7 Å². The molecule has 1 N–H and O–H groups in total. The van der Waals surface area contributed by atoms with Crippen LogP contribution in [0.2, 0.25) is 0 Å². The molecule has 2 aromatic carbocycles. The van der Waals surface area contributed by atoms with Crippen LogP contribution >= 0.6 is 11.8 Å². The Hall–Kier alpha value is -2.73. The molecule has 0 saturated heterocycles. The van der Waals surface area contributed by atoms with Crippen LogP contribution in [0.5, 0.6) is 0 Å². The lowest BCUT2D eigenvalue weighted by atomic mass is 10.1. The fourth-order valence-corrected chi connectivity index (χ4v) is 3.66. The molecule has 1 atom stereocenters. The molecule has 1 aromatic heterocycles. The summed E-state index contributed by atoms with van der Waals surface area (Å²) in [6, 6.07) is 18.3. The number of thioether (sulfide) groups is 1. The van der Waals surface area contributed by atoms with Gasteiger partial charge in [0, 0.05) is 17.3 Å². The van der Waals surface area contributed by atoms with Crippen LogP contribution in [0.3, 0.4) is 0 Å². The standard InChI is InChI=1S/C23H24FN3OS/c1-16(8-9-18-6-4-3-5-7-18)25-21(28)15-29-22-14-17(2)26-23(27-22)19-10-12-20(24)13-11-19/h3-7,10-14,16H,8-9,15H2,1-2H3,(H,25,28)/t16-/m1/s1. The highest BCUT2D eigenvalue weighted by molar-refractivity contribution is 7.99. The first-order valence-corrected chi connectivity index (χ1v) is 10.6. The number of benzene rings is 2. The van der Waals surface area contributed by atoms with E-state index >= 15 is 0 Å². The van der Waals surface area contributed by atoms with Crippen LogP contribution in [-0.2, 0) is 11.2 Å². The molecule has 150 valence electrons. The Morgan fingerprint density at radius 1 is 1.10 bits per heavy atom. The lowest BCUT2D eigenvalue weighted by Crippen LogP contribution is -2.34. The van der Waals surface area contributed by atoms with Gasteiger partial charge in [0.1, 0.15) is 10.8 Å². The average molecular weight is 410 g/mol. The average Bonchev–Trinajstić information content (AvgIpc) is 2.72. The fraction of sp³-hybridized carbons (Fsp3) is 0.261. The van der Waals surface area contributed by atoms with Gasteiger partial charge in [0.2, 0.25) is 5.91 Å². The Bertz CT molecular complexity index is 948. The summed E-state index contributed by atoms with van der Waals surface area (Å²) < 4.78 is 13.1. The summed E-state index contributed by atoms with van der Waals surface area (Å²) >= 11 is 1.37. The van der Waals surface area contributed by atoms with Crippen LogP contribution < -0.4 is 5.32 Å². The molecule has 29 heavy (non-hydrogen) atoms. The van der Waals surface area contributed by atoms with Gasteiger partial charge in [0.05, 0.1) is 5.75 Å². The van der Waals surface area contributed by atoms with Gasteiger partial charge in [-0.1, -0.05) is 42.1 Å². The third-order valence-corrected chi connectivity index (χ3v) is 5.31. The van der Waals surface area contributed by atoms with Crippen molar-refractivity contribution in [2.75, 3.05) is 5.75 Å². The first-order chi connectivity index (χ1) is 14.0. The molecule has 3 rings (SSSR count). The number of hydrogen-bond acceptors (Lipinski definition) is 4. The molecule has 1 heterocycles. The number of carbonyl (C=O) groups is 1. The first-order valence-electron chi connectivity index (χ1n) is 9.57. The van der Waals surface area contributed by atoms with Gasteiger partial charge >= 0.3 is 0 Å². The van der Waals surface area contributed by atoms with E-state index in [2.05, 4.69) is 27.4 Å². The maximum Gasteiger partial charge on any atom is 0.230 e. The minimum Gasteiger partial charge on any atom is -0.353 e. The molecule has 6 heteroatoms. The molecule has 1 amide bonds. The summed E-state index contributed by atoms with van der Waals surface area (Å²) in [5, 5.41) is 3.77. The smallest absolute Gasteiger partial charge is 0.230 e. The molecule has 0 bridgehead atoms. The minimum atomic E-state index is -0.297. The number of aryl methyl sites for hydroxylation is 2. The second kappa shape index (κ2) is 10.2. The molecule has 3 aromatic rings. The molecule has 0 aliphatic carbocycles. The molecule has 0 aliphatic heterocycles. The van der Waals surface area contributed by atoms with Crippen molar-refractivity contribution in [2.24, 2.45) is 0 Å². The Balaban J connectivity index is 1.52. The van der Waals surface area contributed by atoms with Crippen LogP contribution in [0, 0.1) is 12.7 Å². The maximum absolute atomic E-state index is 13.1. The number of nitrogens with zero attached hydrogens (tertiary/aromatic N) is 2. The van der Waals surface area contributed by atoms with Crippen molar-refractivity contribution in [3.05, 3.63) is 77.7 Å². The Morgan fingerprint density at radius 2 is 1.83 bits per heavy atom. The van der Waals surface area contributed by atoms with Crippen molar-refractivity contribution in [2.45, 2.75) is 37.8 Å². The van der Waals surface area contributed by atoms with E-state index in [-0.39, 0.29) is 23.5 Å². The topological polar surface area (TPSA) is 54.9 Å². The summed E-state index contributed by atoms with van der Waals surface area (Å²) in [5.41, 5.74) is 2.82. The van der Waals surface area contributed by atoms with Crippen molar-refractivity contribution < 1.29 is 9.18 Å². The predicted octanol–water partition coefficient (Wildman–Crippen LogP) is 4.82. The number of hydrogen-bond donors (Lipinski definition) is 1. The van der Waals surface area contributed by atoms with Crippen LogP contribution in [0.1, 0.15) is 24.6 Å². The summed E-state index contributed by atoms with van der Waals surface area (Å²) in [6.07, 6.45) is 1.82. The summed E-state index contributed by atoms with van der Waals surface area (Å²) in [6.45, 7) is 3.90. The largest absolute Gasteiger partial charge is 0.353 e. The van der Waals surface area contributed by atoms with Gasteiger partial charge in [-0.2, -0.15) is 0 Å². The van der Waals surface area contributed by atoms with Crippen LogP contribution in [0.15, 0.2) is 65.7 Å². The van der Waals surface area contributed by atoms with Gasteiger partial charge in [-0.25, -0.2) is 14.4 Å². The third-order valence-electron chi connectivity index (χ3n) is 4.40. The fourth-order valence-electron chi connectivity index (χ4n) is 2.90. The van der Waals surface area contributed by atoms with Gasteiger partial charge in [0.25, 0.3) is 0 Å². The van der Waals surface area contributed by atoms with Gasteiger partial charge in [-0.05, 0) is 62.6 Å². The lowest BCUT2D eigenvalue weighted by Gasteiger charge is -2.14. The summed E-state index contributed by atoms with van der Waals surface area (Å²) in [4.78, 5) is 21.2. The van der Waals surface area contributed by atoms with Gasteiger partial charge in [0.15, 0.2) is 5.82 Å². The van der Waals surface area contributed by atoms with E-state index in [0.717, 1.165) is 29.1 Å². The number of amides is 1. The number of aromatic nitrogens is 2. The monoisotopic (exact) mass is 409 g/mol. The number of rotatable bonds is 8. The highest BCUT2D eigenvalue weighted by Gasteiger charge is 2.11. The SMILES string of the molecule is Cc1cc(SCC(=O)N[C@H](C)CCc2ccccc2)nc(-c2ccc(F)cc2)n1. The normalized spacial score (nSPS) is 11.8. The summed E-state index contributed by atoms with van der Waals surface area (Å²) in [5.74, 6) is 0.503. The second-order valence-corrected chi connectivity index (χ2v) is 7.96. The van der Waals surface area contributed by atoms with Gasteiger partial charge < -0.3 is 5.32 Å². The molecular weight excluding hydrogens is 385 g/mol. The van der Waals surface area contributed by atoms with E-state index in [9.17, 15) is 9.18 Å². The first kappa shape index (κ1) is 21.0. The summed E-state index contributed by atoms with van der Waals surface area (Å²) in [7, 11) is 0. The predicted molar refractivity (Wildman–Crippen MR) is 115 cm³/mol. The van der Waals surface area contributed by atoms with E-state index < -0.39 is 0 Å². The van der Waals surface area contributed by atoms with Gasteiger partial charge in [-0.3, -0.25) is 4.79 Å². The third kappa shape index (κ3) is 6.68. The van der Waals surface area contributed by atoms with E-state index in [0.29, 0.717) is 5.82 Å². The van der Waals surface area contributed by atoms with Crippen molar-refractivity contribution in [1.29, 1.82) is 0 Å². The zero-order chi connectivity index (χ0) is 20.6. The second-order valence-electron chi connectivity index (χ2n) is 6.96. The van der Waals surface area contributed by atoms with E-state index in [1.165, 1.54) is 29.5 Å². The van der Waals surface area contributed by atoms with Crippen molar-refractivity contribution in [3.63, 3.8) is 0 Å². The van der Waals surface area contributed by atoms with Crippen LogP contribution in [0.25, 0.3) is 11.4 Å². The van der Waals surface area contributed by atoms with Crippen molar-refractivity contribution in [1.82, 2.24) is 15.3 Å². The molecule has 0 saturated carbocycles. The maximum atomic E-state index is 13.1. The van der Waals surface area contributed by atoms with Crippen LogP contribution in [0.4, 0.5) is 4.39 Å². The highest BCUT2D eigenvalue weighted by atomic mass is 32.2.